The molecule has 0 amide bonds. The highest BCUT2D eigenvalue weighted by Gasteiger charge is 2.27. The Hall–Kier alpha value is -1.68. The Bertz CT molecular complexity index is 506. The molecule has 0 aromatic heterocycles. The normalized spacial score (nSPS) is 16.3. The highest BCUT2D eigenvalue weighted by molar-refractivity contribution is 5.69. The Kier molecular flexibility index (Phi) is 5.12. The van der Waals surface area contributed by atoms with Crippen LogP contribution in [0.25, 0.3) is 5.57 Å². The molecule has 0 spiro atoms. The second-order valence-corrected chi connectivity index (χ2v) is 5.76. The highest BCUT2D eigenvalue weighted by Crippen LogP contribution is 2.37. The van der Waals surface area contributed by atoms with Crippen molar-refractivity contribution < 1.29 is 18.9 Å². The second kappa shape index (κ2) is 6.85. The molecule has 1 aromatic carbocycles. The van der Waals surface area contributed by atoms with Crippen molar-refractivity contribution in [2.24, 2.45) is 0 Å². The zero-order valence-electron chi connectivity index (χ0n) is 13.3. The van der Waals surface area contributed by atoms with E-state index in [9.17, 15) is 0 Å². The molecule has 0 N–H and O–H groups in total. The number of hydrogen-bond donors (Lipinski definition) is 0. The van der Waals surface area contributed by atoms with Crippen LogP contribution in [-0.4, -0.2) is 33.0 Å². The van der Waals surface area contributed by atoms with Gasteiger partial charge in [-0.1, -0.05) is 6.07 Å². The smallest absolute Gasteiger partial charge is 0.161 e. The van der Waals surface area contributed by atoms with E-state index in [4.69, 9.17) is 18.9 Å². The Balaban J connectivity index is 2.10. The van der Waals surface area contributed by atoms with Crippen LogP contribution in [0, 0.1) is 0 Å². The number of ether oxygens (including phenoxy) is 4. The molecule has 1 aromatic rings. The molecule has 0 radical (unpaired) electrons. The summed E-state index contributed by atoms with van der Waals surface area (Å²) >= 11 is 0. The molecular weight excluding hydrogens is 268 g/mol. The summed E-state index contributed by atoms with van der Waals surface area (Å²) in [5.41, 5.74) is 2.17. The molecule has 0 aliphatic carbocycles. The lowest BCUT2D eigenvalue weighted by Gasteiger charge is -2.17. The van der Waals surface area contributed by atoms with Crippen LogP contribution in [0.1, 0.15) is 32.3 Å². The third kappa shape index (κ3) is 4.14. The summed E-state index contributed by atoms with van der Waals surface area (Å²) < 4.78 is 21.9. The van der Waals surface area contributed by atoms with Crippen molar-refractivity contribution in [1.82, 2.24) is 0 Å². The summed E-state index contributed by atoms with van der Waals surface area (Å²) in [4.78, 5) is 0. The standard InChI is InChI=1S/C17H24O4/c1-17(2)11-14(12-21-17)13-6-7-15(19-4)16(10-13)20-9-5-8-18-3/h6-7,10,12H,5,8-9,11H2,1-4H3. The van der Waals surface area contributed by atoms with Crippen molar-refractivity contribution in [2.45, 2.75) is 32.3 Å². The summed E-state index contributed by atoms with van der Waals surface area (Å²) in [5, 5.41) is 0. The van der Waals surface area contributed by atoms with Gasteiger partial charge in [0.1, 0.15) is 5.60 Å². The molecule has 0 saturated heterocycles. The minimum Gasteiger partial charge on any atom is -0.495 e. The first-order chi connectivity index (χ1) is 10.1. The van der Waals surface area contributed by atoms with Crippen LogP contribution in [0.5, 0.6) is 11.5 Å². The van der Waals surface area contributed by atoms with E-state index < -0.39 is 0 Å². The maximum atomic E-state index is 5.81. The maximum Gasteiger partial charge on any atom is 0.161 e. The second-order valence-electron chi connectivity index (χ2n) is 5.76. The molecule has 0 unspecified atom stereocenters. The van der Waals surface area contributed by atoms with Gasteiger partial charge < -0.3 is 18.9 Å². The van der Waals surface area contributed by atoms with E-state index in [1.54, 1.807) is 14.2 Å². The third-order valence-electron chi connectivity index (χ3n) is 3.42. The predicted molar refractivity (Wildman–Crippen MR) is 82.7 cm³/mol. The topological polar surface area (TPSA) is 36.9 Å². The van der Waals surface area contributed by atoms with Gasteiger partial charge in [-0.25, -0.2) is 0 Å². The molecule has 2 rings (SSSR count). The van der Waals surface area contributed by atoms with E-state index >= 15 is 0 Å². The molecule has 4 heteroatoms. The van der Waals surface area contributed by atoms with Crippen LogP contribution in [0.15, 0.2) is 24.5 Å². The molecule has 1 aliphatic heterocycles. The Labute approximate surface area is 126 Å². The van der Waals surface area contributed by atoms with E-state index in [1.165, 1.54) is 5.57 Å². The van der Waals surface area contributed by atoms with E-state index in [2.05, 4.69) is 13.8 Å². The number of methoxy groups -OCH3 is 2. The van der Waals surface area contributed by atoms with Crippen LogP contribution in [0.4, 0.5) is 0 Å². The summed E-state index contributed by atoms with van der Waals surface area (Å²) in [6.45, 7) is 5.47. The molecule has 0 atom stereocenters. The van der Waals surface area contributed by atoms with Gasteiger partial charge in [0, 0.05) is 26.6 Å². The zero-order chi connectivity index (χ0) is 15.3. The van der Waals surface area contributed by atoms with Gasteiger partial charge in [-0.15, -0.1) is 0 Å². The molecule has 1 heterocycles. The van der Waals surface area contributed by atoms with Gasteiger partial charge in [0.25, 0.3) is 0 Å². The fraction of sp³-hybridized carbons (Fsp3) is 0.529. The third-order valence-corrected chi connectivity index (χ3v) is 3.42. The van der Waals surface area contributed by atoms with Gasteiger partial charge in [-0.05, 0) is 37.1 Å². The predicted octanol–water partition coefficient (Wildman–Crippen LogP) is 3.65. The summed E-state index contributed by atoms with van der Waals surface area (Å²) in [5.74, 6) is 1.51. The Morgan fingerprint density at radius 3 is 2.57 bits per heavy atom. The van der Waals surface area contributed by atoms with Crippen molar-refractivity contribution >= 4 is 5.57 Å². The van der Waals surface area contributed by atoms with E-state index in [0.717, 1.165) is 29.9 Å². The van der Waals surface area contributed by atoms with Gasteiger partial charge in [-0.2, -0.15) is 0 Å². The largest absolute Gasteiger partial charge is 0.495 e. The van der Waals surface area contributed by atoms with Gasteiger partial charge in [0.15, 0.2) is 11.5 Å². The van der Waals surface area contributed by atoms with Crippen LogP contribution in [-0.2, 0) is 9.47 Å². The zero-order valence-corrected chi connectivity index (χ0v) is 13.3. The van der Waals surface area contributed by atoms with Crippen molar-refractivity contribution in [3.8, 4) is 11.5 Å². The van der Waals surface area contributed by atoms with Crippen LogP contribution >= 0.6 is 0 Å². The van der Waals surface area contributed by atoms with E-state index in [0.29, 0.717) is 13.2 Å². The van der Waals surface area contributed by atoms with Crippen LogP contribution in [0.2, 0.25) is 0 Å². The average molecular weight is 292 g/mol. The summed E-state index contributed by atoms with van der Waals surface area (Å²) in [7, 11) is 3.34. The summed E-state index contributed by atoms with van der Waals surface area (Å²) in [6.07, 6.45) is 3.58. The minimum absolute atomic E-state index is 0.130. The van der Waals surface area contributed by atoms with Gasteiger partial charge >= 0.3 is 0 Å². The van der Waals surface area contributed by atoms with Crippen LogP contribution in [0.3, 0.4) is 0 Å². The lowest BCUT2D eigenvalue weighted by Crippen LogP contribution is -2.16. The fourth-order valence-corrected chi connectivity index (χ4v) is 2.32. The van der Waals surface area contributed by atoms with Gasteiger partial charge in [0.05, 0.1) is 20.0 Å². The SMILES string of the molecule is COCCCOc1cc(C2=COC(C)(C)C2)ccc1OC. The van der Waals surface area contributed by atoms with Gasteiger partial charge in [0.2, 0.25) is 0 Å². The Morgan fingerprint density at radius 1 is 1.14 bits per heavy atom. The molecule has 0 bridgehead atoms. The number of rotatable bonds is 7. The van der Waals surface area contributed by atoms with E-state index in [1.807, 2.05) is 24.5 Å². The fourth-order valence-electron chi connectivity index (χ4n) is 2.32. The lowest BCUT2D eigenvalue weighted by molar-refractivity contribution is 0.0831. The Morgan fingerprint density at radius 2 is 1.95 bits per heavy atom. The number of hydrogen-bond acceptors (Lipinski definition) is 4. The minimum atomic E-state index is -0.130. The quantitative estimate of drug-likeness (QED) is 0.719. The molecule has 4 nitrogen and oxygen atoms in total. The molecule has 116 valence electrons. The molecule has 1 aliphatic rings. The van der Waals surface area contributed by atoms with Crippen molar-refractivity contribution in [1.29, 1.82) is 0 Å². The highest BCUT2D eigenvalue weighted by atomic mass is 16.5. The van der Waals surface area contributed by atoms with Crippen LogP contribution < -0.4 is 9.47 Å². The first kappa shape index (κ1) is 15.7. The van der Waals surface area contributed by atoms with Crippen molar-refractivity contribution in [3.63, 3.8) is 0 Å². The average Bonchev–Trinajstić information content (AvgIpc) is 2.83. The molecule has 21 heavy (non-hydrogen) atoms. The first-order valence-corrected chi connectivity index (χ1v) is 7.23. The molecule has 0 saturated carbocycles. The van der Waals surface area contributed by atoms with Gasteiger partial charge in [-0.3, -0.25) is 0 Å². The summed E-state index contributed by atoms with van der Waals surface area (Å²) in [6, 6.07) is 5.99. The van der Waals surface area contributed by atoms with Crippen molar-refractivity contribution in [3.05, 3.63) is 30.0 Å². The molecular formula is C17H24O4. The first-order valence-electron chi connectivity index (χ1n) is 7.23. The molecule has 0 fully saturated rings. The van der Waals surface area contributed by atoms with E-state index in [-0.39, 0.29) is 5.60 Å². The van der Waals surface area contributed by atoms with Crippen molar-refractivity contribution in [2.75, 3.05) is 27.4 Å². The number of benzene rings is 1. The monoisotopic (exact) mass is 292 g/mol. The lowest BCUT2D eigenvalue weighted by atomic mass is 9.96. The maximum absolute atomic E-state index is 5.81.